The van der Waals surface area contributed by atoms with E-state index < -0.39 is 0 Å². The topological polar surface area (TPSA) is 41.1 Å². The summed E-state index contributed by atoms with van der Waals surface area (Å²) in [4.78, 5) is 12.1. The van der Waals surface area contributed by atoms with Crippen molar-refractivity contribution in [2.45, 2.75) is 19.8 Å². The number of rotatable bonds is 3. The molecule has 0 radical (unpaired) electrons. The first-order valence-corrected chi connectivity index (χ1v) is 7.20. The van der Waals surface area contributed by atoms with Gasteiger partial charge in [0.1, 0.15) is 0 Å². The van der Waals surface area contributed by atoms with Crippen LogP contribution in [-0.2, 0) is 0 Å². The highest BCUT2D eigenvalue weighted by atomic mass is 35.5. The van der Waals surface area contributed by atoms with Gasteiger partial charge >= 0.3 is 0 Å². The number of halogens is 3. The SMILES string of the molecule is CC1(CNC(=O)c2cccc(Cl)c2Cl)CCNCC1.Cl. The van der Waals surface area contributed by atoms with Crippen molar-refractivity contribution in [1.82, 2.24) is 10.6 Å². The molecule has 0 atom stereocenters. The molecule has 2 N–H and O–H groups in total. The summed E-state index contributed by atoms with van der Waals surface area (Å²) < 4.78 is 0. The number of hydrogen-bond acceptors (Lipinski definition) is 2. The van der Waals surface area contributed by atoms with Crippen LogP contribution in [0.4, 0.5) is 0 Å². The van der Waals surface area contributed by atoms with Gasteiger partial charge in [0.05, 0.1) is 15.6 Å². The van der Waals surface area contributed by atoms with Crippen LogP contribution in [0.2, 0.25) is 10.0 Å². The molecule has 20 heavy (non-hydrogen) atoms. The Kier molecular flexibility index (Phi) is 6.59. The predicted molar refractivity (Wildman–Crippen MR) is 86.3 cm³/mol. The number of hydrogen-bond donors (Lipinski definition) is 2. The zero-order chi connectivity index (χ0) is 13.9. The smallest absolute Gasteiger partial charge is 0.252 e. The highest BCUT2D eigenvalue weighted by Crippen LogP contribution is 2.28. The summed E-state index contributed by atoms with van der Waals surface area (Å²) in [6.45, 7) is 4.87. The lowest BCUT2D eigenvalue weighted by Crippen LogP contribution is -2.42. The Balaban J connectivity index is 0.00000200. The van der Waals surface area contributed by atoms with Gasteiger partial charge in [-0.05, 0) is 43.5 Å². The molecule has 3 nitrogen and oxygen atoms in total. The summed E-state index contributed by atoms with van der Waals surface area (Å²) in [5.74, 6) is -0.160. The molecule has 1 aromatic carbocycles. The van der Waals surface area contributed by atoms with Gasteiger partial charge in [0.2, 0.25) is 0 Å². The molecule has 0 aliphatic carbocycles. The van der Waals surface area contributed by atoms with Crippen LogP contribution >= 0.6 is 35.6 Å². The van der Waals surface area contributed by atoms with Gasteiger partial charge < -0.3 is 10.6 Å². The van der Waals surface area contributed by atoms with E-state index in [0.29, 0.717) is 22.2 Å². The second kappa shape index (κ2) is 7.51. The zero-order valence-electron chi connectivity index (χ0n) is 11.3. The number of carbonyl (C=O) groups is 1. The molecule has 1 fully saturated rings. The maximum absolute atomic E-state index is 12.1. The van der Waals surface area contributed by atoms with Gasteiger partial charge in [-0.15, -0.1) is 12.4 Å². The van der Waals surface area contributed by atoms with Crippen molar-refractivity contribution in [1.29, 1.82) is 0 Å². The molecule has 0 bridgehead atoms. The number of amides is 1. The van der Waals surface area contributed by atoms with Gasteiger partial charge in [0.25, 0.3) is 5.91 Å². The zero-order valence-corrected chi connectivity index (χ0v) is 13.7. The van der Waals surface area contributed by atoms with Crippen molar-refractivity contribution in [3.8, 4) is 0 Å². The second-order valence-corrected chi connectivity index (χ2v) is 6.13. The van der Waals surface area contributed by atoms with Crippen molar-refractivity contribution in [3.05, 3.63) is 33.8 Å². The molecule has 1 saturated heterocycles. The molecule has 1 amide bonds. The average molecular weight is 338 g/mol. The van der Waals surface area contributed by atoms with Crippen LogP contribution in [-0.4, -0.2) is 25.5 Å². The van der Waals surface area contributed by atoms with Gasteiger partial charge in [-0.25, -0.2) is 0 Å². The Hall–Kier alpha value is -0.480. The minimum Gasteiger partial charge on any atom is -0.351 e. The highest BCUT2D eigenvalue weighted by molar-refractivity contribution is 6.43. The lowest BCUT2D eigenvalue weighted by molar-refractivity contribution is 0.0922. The van der Waals surface area contributed by atoms with Gasteiger partial charge in [-0.3, -0.25) is 4.79 Å². The standard InChI is InChI=1S/C14H18Cl2N2O.ClH/c1-14(5-7-17-8-6-14)9-18-13(19)10-3-2-4-11(15)12(10)16;/h2-4,17H,5-9H2,1H3,(H,18,19);1H. The minimum absolute atomic E-state index is 0. The Morgan fingerprint density at radius 2 is 2.00 bits per heavy atom. The fourth-order valence-corrected chi connectivity index (χ4v) is 2.66. The van der Waals surface area contributed by atoms with E-state index in [1.54, 1.807) is 18.2 Å². The van der Waals surface area contributed by atoms with Crippen LogP contribution in [0.1, 0.15) is 30.1 Å². The molecule has 112 valence electrons. The number of benzene rings is 1. The molecule has 0 spiro atoms. The van der Waals surface area contributed by atoms with Crippen LogP contribution in [0.5, 0.6) is 0 Å². The minimum atomic E-state index is -0.160. The normalized spacial score (nSPS) is 17.1. The number of piperidine rings is 1. The van der Waals surface area contributed by atoms with Crippen LogP contribution in [0, 0.1) is 5.41 Å². The van der Waals surface area contributed by atoms with E-state index in [2.05, 4.69) is 17.6 Å². The van der Waals surface area contributed by atoms with E-state index in [1.807, 2.05) is 0 Å². The molecular formula is C14H19Cl3N2O. The van der Waals surface area contributed by atoms with Crippen molar-refractivity contribution in [3.63, 3.8) is 0 Å². The van der Waals surface area contributed by atoms with Crippen LogP contribution < -0.4 is 10.6 Å². The van der Waals surface area contributed by atoms with E-state index in [-0.39, 0.29) is 23.7 Å². The van der Waals surface area contributed by atoms with Crippen molar-refractivity contribution in [2.24, 2.45) is 5.41 Å². The maximum atomic E-state index is 12.1. The monoisotopic (exact) mass is 336 g/mol. The first kappa shape index (κ1) is 17.6. The van der Waals surface area contributed by atoms with E-state index in [9.17, 15) is 4.79 Å². The molecule has 2 rings (SSSR count). The van der Waals surface area contributed by atoms with Crippen LogP contribution in [0.15, 0.2) is 18.2 Å². The number of carbonyl (C=O) groups excluding carboxylic acids is 1. The lowest BCUT2D eigenvalue weighted by atomic mass is 9.81. The van der Waals surface area contributed by atoms with Crippen molar-refractivity contribution in [2.75, 3.05) is 19.6 Å². The summed E-state index contributed by atoms with van der Waals surface area (Å²) in [6, 6.07) is 5.10. The Morgan fingerprint density at radius 1 is 1.35 bits per heavy atom. The molecule has 1 aromatic rings. The molecule has 0 aromatic heterocycles. The van der Waals surface area contributed by atoms with E-state index in [1.165, 1.54) is 0 Å². The van der Waals surface area contributed by atoms with Gasteiger partial charge in [-0.2, -0.15) is 0 Å². The largest absolute Gasteiger partial charge is 0.351 e. The molecule has 1 aliphatic heterocycles. The Bertz CT molecular complexity index is 473. The molecular weight excluding hydrogens is 319 g/mol. The van der Waals surface area contributed by atoms with E-state index in [4.69, 9.17) is 23.2 Å². The maximum Gasteiger partial charge on any atom is 0.252 e. The third kappa shape index (κ3) is 4.26. The fourth-order valence-electron chi connectivity index (χ4n) is 2.28. The Morgan fingerprint density at radius 3 is 2.65 bits per heavy atom. The molecule has 0 saturated carbocycles. The first-order chi connectivity index (χ1) is 9.02. The first-order valence-electron chi connectivity index (χ1n) is 6.45. The quantitative estimate of drug-likeness (QED) is 0.886. The van der Waals surface area contributed by atoms with Crippen LogP contribution in [0.25, 0.3) is 0 Å². The third-order valence-corrected chi connectivity index (χ3v) is 4.50. The van der Waals surface area contributed by atoms with Gasteiger partial charge in [0, 0.05) is 6.54 Å². The highest BCUT2D eigenvalue weighted by Gasteiger charge is 2.27. The van der Waals surface area contributed by atoms with Crippen molar-refractivity contribution < 1.29 is 4.79 Å². The summed E-state index contributed by atoms with van der Waals surface area (Å²) in [7, 11) is 0. The molecule has 0 unspecified atom stereocenters. The average Bonchev–Trinajstić information content (AvgIpc) is 2.40. The lowest BCUT2D eigenvalue weighted by Gasteiger charge is -2.34. The molecule has 1 heterocycles. The summed E-state index contributed by atoms with van der Waals surface area (Å²) in [6.07, 6.45) is 2.13. The van der Waals surface area contributed by atoms with E-state index >= 15 is 0 Å². The van der Waals surface area contributed by atoms with E-state index in [0.717, 1.165) is 25.9 Å². The Labute approximate surface area is 135 Å². The summed E-state index contributed by atoms with van der Waals surface area (Å²) >= 11 is 12.0. The fraction of sp³-hybridized carbons (Fsp3) is 0.500. The number of nitrogens with one attached hydrogen (secondary N) is 2. The predicted octanol–water partition coefficient (Wildman–Crippen LogP) is 3.53. The van der Waals surface area contributed by atoms with Gasteiger partial charge in [0.15, 0.2) is 0 Å². The molecule has 6 heteroatoms. The van der Waals surface area contributed by atoms with Crippen molar-refractivity contribution >= 4 is 41.5 Å². The second-order valence-electron chi connectivity index (χ2n) is 5.34. The third-order valence-electron chi connectivity index (χ3n) is 3.68. The summed E-state index contributed by atoms with van der Waals surface area (Å²) in [5.41, 5.74) is 0.595. The van der Waals surface area contributed by atoms with Gasteiger partial charge in [-0.1, -0.05) is 36.2 Å². The van der Waals surface area contributed by atoms with Crippen LogP contribution in [0.3, 0.4) is 0 Å². The molecule has 1 aliphatic rings. The summed E-state index contributed by atoms with van der Waals surface area (Å²) in [5, 5.41) is 7.01.